The van der Waals surface area contributed by atoms with Crippen molar-refractivity contribution in [2.24, 2.45) is 4.99 Å². The van der Waals surface area contributed by atoms with Crippen molar-refractivity contribution in [1.29, 1.82) is 0 Å². The fraction of sp³-hybridized carbons (Fsp3) is 0.435. The highest BCUT2D eigenvalue weighted by Crippen LogP contribution is 2.47. The molecule has 0 atom stereocenters. The molecule has 0 aromatic heterocycles. The molecule has 0 aliphatic heterocycles. The van der Waals surface area contributed by atoms with E-state index in [1.165, 1.54) is 18.4 Å². The third-order valence-electron chi connectivity index (χ3n) is 5.17. The van der Waals surface area contributed by atoms with E-state index >= 15 is 0 Å². The van der Waals surface area contributed by atoms with Gasteiger partial charge >= 0.3 is 0 Å². The number of guanidine groups is 1. The van der Waals surface area contributed by atoms with Crippen molar-refractivity contribution < 1.29 is 14.6 Å². The molecule has 3 rings (SSSR count). The number of benzene rings is 2. The third-order valence-corrected chi connectivity index (χ3v) is 5.17. The number of ether oxygens (including phenoxy) is 2. The van der Waals surface area contributed by atoms with Crippen LogP contribution in [0.2, 0.25) is 0 Å². The number of nitrogens with one attached hydrogen (secondary N) is 2. The van der Waals surface area contributed by atoms with Crippen LogP contribution in [-0.4, -0.2) is 44.5 Å². The summed E-state index contributed by atoms with van der Waals surface area (Å²) in [7, 11) is 1.61. The highest BCUT2D eigenvalue weighted by Gasteiger charge is 2.43. The van der Waals surface area contributed by atoms with E-state index in [9.17, 15) is 0 Å². The van der Waals surface area contributed by atoms with Crippen LogP contribution >= 0.6 is 24.0 Å². The number of halogens is 1. The van der Waals surface area contributed by atoms with Gasteiger partial charge in [0, 0.05) is 18.5 Å². The van der Waals surface area contributed by atoms with Gasteiger partial charge in [-0.3, -0.25) is 0 Å². The zero-order valence-electron chi connectivity index (χ0n) is 17.7. The normalized spacial score (nSPS) is 14.4. The summed E-state index contributed by atoms with van der Waals surface area (Å²) in [4.78, 5) is 4.73. The van der Waals surface area contributed by atoms with Crippen LogP contribution in [0.25, 0.3) is 0 Å². The number of hydrogen-bond donors (Lipinski definition) is 3. The molecule has 2 aromatic carbocycles. The maximum Gasteiger partial charge on any atom is 0.191 e. The summed E-state index contributed by atoms with van der Waals surface area (Å²) < 4.78 is 10.9. The molecule has 1 aliphatic rings. The molecule has 1 saturated carbocycles. The van der Waals surface area contributed by atoms with E-state index in [1.807, 2.05) is 18.2 Å². The second kappa shape index (κ2) is 12.0. The number of methoxy groups -OCH3 is 1. The quantitative estimate of drug-likeness (QED) is 0.252. The van der Waals surface area contributed by atoms with Gasteiger partial charge in [-0.15, -0.1) is 24.0 Å². The predicted octanol–water partition coefficient (Wildman–Crippen LogP) is 3.47. The number of rotatable bonds is 10. The molecular weight excluding hydrogens is 493 g/mol. The first kappa shape index (κ1) is 24.3. The number of aliphatic imine (C=N–C) groups is 1. The predicted molar refractivity (Wildman–Crippen MR) is 131 cm³/mol. The Morgan fingerprint density at radius 1 is 1.10 bits per heavy atom. The first-order valence-electron chi connectivity index (χ1n) is 10.2. The number of hydrogen-bond acceptors (Lipinski definition) is 4. The summed E-state index contributed by atoms with van der Waals surface area (Å²) >= 11 is 0. The zero-order chi connectivity index (χ0) is 20.5. The lowest BCUT2D eigenvalue weighted by atomic mass is 9.96. The van der Waals surface area contributed by atoms with E-state index in [0.717, 1.165) is 24.6 Å². The molecule has 3 N–H and O–H groups in total. The van der Waals surface area contributed by atoms with Gasteiger partial charge in [0.05, 0.1) is 20.3 Å². The molecule has 2 aromatic rings. The minimum atomic E-state index is -0.0304. The third kappa shape index (κ3) is 6.50. The molecule has 0 radical (unpaired) electrons. The summed E-state index contributed by atoms with van der Waals surface area (Å²) in [6.07, 6.45) is 2.41. The van der Waals surface area contributed by atoms with Crippen molar-refractivity contribution in [1.82, 2.24) is 10.6 Å². The molecule has 0 amide bonds. The van der Waals surface area contributed by atoms with E-state index in [2.05, 4.69) is 47.9 Å². The van der Waals surface area contributed by atoms with Gasteiger partial charge in [-0.25, -0.2) is 4.99 Å². The van der Waals surface area contributed by atoms with Gasteiger partial charge in [0.1, 0.15) is 6.61 Å². The van der Waals surface area contributed by atoms with Crippen LogP contribution in [0.3, 0.4) is 0 Å². The summed E-state index contributed by atoms with van der Waals surface area (Å²) in [5, 5.41) is 15.8. The van der Waals surface area contributed by atoms with E-state index < -0.39 is 0 Å². The smallest absolute Gasteiger partial charge is 0.191 e. The largest absolute Gasteiger partial charge is 0.493 e. The van der Waals surface area contributed by atoms with Crippen molar-refractivity contribution >= 4 is 29.9 Å². The Morgan fingerprint density at radius 3 is 2.50 bits per heavy atom. The lowest BCUT2D eigenvalue weighted by molar-refractivity contribution is 0.196. The molecule has 6 nitrogen and oxygen atoms in total. The summed E-state index contributed by atoms with van der Waals surface area (Å²) in [6.45, 7) is 4.49. The summed E-state index contributed by atoms with van der Waals surface area (Å²) in [5.74, 6) is 2.08. The Hall–Kier alpha value is -2.00. The summed E-state index contributed by atoms with van der Waals surface area (Å²) in [5.41, 5.74) is 2.65. The first-order valence-corrected chi connectivity index (χ1v) is 10.2. The fourth-order valence-corrected chi connectivity index (χ4v) is 3.36. The lowest BCUT2D eigenvalue weighted by Crippen LogP contribution is -2.41. The van der Waals surface area contributed by atoms with Gasteiger partial charge in [0.2, 0.25) is 0 Å². The Morgan fingerprint density at radius 2 is 1.87 bits per heavy atom. The molecule has 1 aliphatic carbocycles. The van der Waals surface area contributed by atoms with Crippen LogP contribution < -0.4 is 20.1 Å². The minimum absolute atomic E-state index is 0. The topological polar surface area (TPSA) is 75.1 Å². The molecule has 164 valence electrons. The molecule has 0 heterocycles. The average Bonchev–Trinajstić information content (AvgIpc) is 3.56. The highest BCUT2D eigenvalue weighted by atomic mass is 127. The van der Waals surface area contributed by atoms with E-state index in [-0.39, 0.29) is 42.6 Å². The molecule has 0 unspecified atom stereocenters. The van der Waals surface area contributed by atoms with Crippen LogP contribution in [0.1, 0.15) is 30.9 Å². The molecule has 0 saturated heterocycles. The number of aliphatic hydroxyl groups excluding tert-OH is 1. The van der Waals surface area contributed by atoms with Gasteiger partial charge in [-0.2, -0.15) is 0 Å². The Labute approximate surface area is 196 Å². The van der Waals surface area contributed by atoms with Gasteiger partial charge in [0.25, 0.3) is 0 Å². The van der Waals surface area contributed by atoms with Crippen LogP contribution in [0.5, 0.6) is 11.5 Å². The van der Waals surface area contributed by atoms with Crippen LogP contribution in [0.4, 0.5) is 0 Å². The molecule has 30 heavy (non-hydrogen) atoms. The Kier molecular flexibility index (Phi) is 9.71. The van der Waals surface area contributed by atoms with Crippen molar-refractivity contribution in [3.63, 3.8) is 0 Å². The van der Waals surface area contributed by atoms with Crippen LogP contribution in [0.15, 0.2) is 53.5 Å². The SMILES string of the molecule is CCNC(=NCc1ccc(OCCO)c(OC)c1)NCC1(c2ccccc2)CC1.I. The molecule has 0 spiro atoms. The second-order valence-corrected chi connectivity index (χ2v) is 7.25. The Bertz CT molecular complexity index is 811. The molecule has 7 heteroatoms. The molecule has 1 fully saturated rings. The second-order valence-electron chi connectivity index (χ2n) is 7.25. The lowest BCUT2D eigenvalue weighted by Gasteiger charge is -2.19. The molecular formula is C23H32IN3O3. The van der Waals surface area contributed by atoms with Gasteiger partial charge in [-0.05, 0) is 43.0 Å². The maximum atomic E-state index is 8.93. The number of nitrogens with zero attached hydrogens (tertiary/aromatic N) is 1. The van der Waals surface area contributed by atoms with Crippen LogP contribution in [-0.2, 0) is 12.0 Å². The maximum absolute atomic E-state index is 8.93. The van der Waals surface area contributed by atoms with E-state index in [0.29, 0.717) is 18.0 Å². The summed E-state index contributed by atoms with van der Waals surface area (Å²) in [6, 6.07) is 16.4. The van der Waals surface area contributed by atoms with Crippen molar-refractivity contribution in [3.05, 3.63) is 59.7 Å². The zero-order valence-corrected chi connectivity index (χ0v) is 20.0. The first-order chi connectivity index (χ1) is 14.2. The van der Waals surface area contributed by atoms with Crippen molar-refractivity contribution in [2.45, 2.75) is 31.7 Å². The van der Waals surface area contributed by atoms with Crippen LogP contribution in [0, 0.1) is 0 Å². The standard InChI is InChI=1S/C23H31N3O3.HI/c1-3-24-22(26-17-23(11-12-23)19-7-5-4-6-8-19)25-16-18-9-10-20(29-14-13-27)21(15-18)28-2;/h4-10,15,27H,3,11-14,16-17H2,1-2H3,(H2,24,25,26);1H. The minimum Gasteiger partial charge on any atom is -0.493 e. The Balaban J connectivity index is 0.00000320. The van der Waals surface area contributed by atoms with Crippen molar-refractivity contribution in [2.75, 3.05) is 33.4 Å². The van der Waals surface area contributed by atoms with E-state index in [4.69, 9.17) is 19.6 Å². The fourth-order valence-electron chi connectivity index (χ4n) is 3.36. The average molecular weight is 525 g/mol. The highest BCUT2D eigenvalue weighted by molar-refractivity contribution is 14.0. The number of aliphatic hydroxyl groups is 1. The molecule has 0 bridgehead atoms. The van der Waals surface area contributed by atoms with Gasteiger partial charge in [0.15, 0.2) is 17.5 Å². The van der Waals surface area contributed by atoms with Crippen molar-refractivity contribution in [3.8, 4) is 11.5 Å². The van der Waals surface area contributed by atoms with Gasteiger partial charge < -0.3 is 25.2 Å². The van der Waals surface area contributed by atoms with Gasteiger partial charge in [-0.1, -0.05) is 36.4 Å². The monoisotopic (exact) mass is 525 g/mol. The van der Waals surface area contributed by atoms with E-state index in [1.54, 1.807) is 7.11 Å².